The summed E-state index contributed by atoms with van der Waals surface area (Å²) in [5.41, 5.74) is 3.78. The molecular weight excluding hydrogens is 328 g/mol. The van der Waals surface area contributed by atoms with Crippen LogP contribution in [0.15, 0.2) is 41.0 Å². The van der Waals surface area contributed by atoms with Crippen molar-refractivity contribution in [2.24, 2.45) is 0 Å². The molecule has 4 heteroatoms. The van der Waals surface area contributed by atoms with Crippen LogP contribution in [0, 0.1) is 0 Å². The van der Waals surface area contributed by atoms with E-state index in [4.69, 9.17) is 4.74 Å². The predicted octanol–water partition coefficient (Wildman–Crippen LogP) is 3.84. The van der Waals surface area contributed by atoms with Gasteiger partial charge in [-0.25, -0.2) is 0 Å². The number of halogens is 1. The van der Waals surface area contributed by atoms with Crippen LogP contribution in [0.5, 0.6) is 5.75 Å². The third-order valence-electron chi connectivity index (χ3n) is 4.25. The summed E-state index contributed by atoms with van der Waals surface area (Å²) in [7, 11) is 3.73. The van der Waals surface area contributed by atoms with Crippen LogP contribution in [0.25, 0.3) is 0 Å². The van der Waals surface area contributed by atoms with Gasteiger partial charge in [0.25, 0.3) is 0 Å². The summed E-state index contributed by atoms with van der Waals surface area (Å²) in [6.07, 6.45) is 4.12. The lowest BCUT2D eigenvalue weighted by Gasteiger charge is -2.25. The van der Waals surface area contributed by atoms with Crippen molar-refractivity contribution in [1.29, 1.82) is 0 Å². The Labute approximate surface area is 133 Å². The number of hydrogen-bond donors (Lipinski definition) is 1. The SMILES string of the molecule is CNC(c1ccc(Br)cc1OC)C1CCc2cccnc21. The van der Waals surface area contributed by atoms with E-state index in [0.29, 0.717) is 5.92 Å². The average molecular weight is 347 g/mol. The highest BCUT2D eigenvalue weighted by Gasteiger charge is 2.32. The zero-order valence-corrected chi connectivity index (χ0v) is 13.9. The highest BCUT2D eigenvalue weighted by molar-refractivity contribution is 9.10. The van der Waals surface area contributed by atoms with Crippen LogP contribution in [-0.2, 0) is 6.42 Å². The second-order valence-electron chi connectivity index (χ2n) is 5.35. The molecule has 0 saturated carbocycles. The van der Waals surface area contributed by atoms with Gasteiger partial charge in [-0.05, 0) is 43.7 Å². The molecule has 1 N–H and O–H groups in total. The van der Waals surface area contributed by atoms with Crippen molar-refractivity contribution in [2.45, 2.75) is 24.8 Å². The van der Waals surface area contributed by atoms with E-state index in [1.54, 1.807) is 7.11 Å². The first-order chi connectivity index (χ1) is 10.2. The molecule has 3 rings (SSSR count). The number of likely N-dealkylation sites (N-methyl/N-ethyl adjacent to an activating group) is 1. The number of rotatable bonds is 4. The van der Waals surface area contributed by atoms with Crippen molar-refractivity contribution in [1.82, 2.24) is 10.3 Å². The van der Waals surface area contributed by atoms with Crippen LogP contribution in [0.3, 0.4) is 0 Å². The van der Waals surface area contributed by atoms with Gasteiger partial charge in [0.15, 0.2) is 0 Å². The number of fused-ring (bicyclic) bond motifs is 1. The third-order valence-corrected chi connectivity index (χ3v) is 4.74. The number of aromatic nitrogens is 1. The minimum atomic E-state index is 0.212. The smallest absolute Gasteiger partial charge is 0.124 e. The van der Waals surface area contributed by atoms with Gasteiger partial charge in [0, 0.05) is 33.9 Å². The molecule has 1 aromatic heterocycles. The van der Waals surface area contributed by atoms with Gasteiger partial charge in [-0.3, -0.25) is 4.98 Å². The average Bonchev–Trinajstić information content (AvgIpc) is 2.93. The van der Waals surface area contributed by atoms with Crippen LogP contribution in [-0.4, -0.2) is 19.1 Å². The van der Waals surface area contributed by atoms with Gasteiger partial charge in [-0.15, -0.1) is 0 Å². The summed E-state index contributed by atoms with van der Waals surface area (Å²) in [5.74, 6) is 1.30. The van der Waals surface area contributed by atoms with Crippen molar-refractivity contribution >= 4 is 15.9 Å². The van der Waals surface area contributed by atoms with Crippen LogP contribution in [0.1, 0.15) is 35.2 Å². The largest absolute Gasteiger partial charge is 0.496 e. The van der Waals surface area contributed by atoms with E-state index in [-0.39, 0.29) is 6.04 Å². The van der Waals surface area contributed by atoms with Crippen molar-refractivity contribution in [3.05, 3.63) is 57.8 Å². The fraction of sp³-hybridized carbons (Fsp3) is 0.353. The van der Waals surface area contributed by atoms with Gasteiger partial charge in [-0.1, -0.05) is 28.1 Å². The van der Waals surface area contributed by atoms with Gasteiger partial charge in [0.05, 0.1) is 7.11 Å². The number of aryl methyl sites for hydroxylation is 1. The molecule has 3 nitrogen and oxygen atoms in total. The fourth-order valence-electron chi connectivity index (χ4n) is 3.28. The van der Waals surface area contributed by atoms with Crippen molar-refractivity contribution in [3.8, 4) is 5.75 Å². The second-order valence-corrected chi connectivity index (χ2v) is 6.26. The number of methoxy groups -OCH3 is 1. The summed E-state index contributed by atoms with van der Waals surface area (Å²) in [4.78, 5) is 4.62. The van der Waals surface area contributed by atoms with E-state index in [0.717, 1.165) is 23.1 Å². The van der Waals surface area contributed by atoms with E-state index >= 15 is 0 Å². The van der Waals surface area contributed by atoms with Gasteiger partial charge in [-0.2, -0.15) is 0 Å². The zero-order chi connectivity index (χ0) is 14.8. The Hall–Kier alpha value is -1.39. The van der Waals surface area contributed by atoms with Crippen LogP contribution < -0.4 is 10.1 Å². The molecule has 0 radical (unpaired) electrons. The molecule has 0 amide bonds. The molecule has 1 aliphatic rings. The Morgan fingerprint density at radius 1 is 1.38 bits per heavy atom. The summed E-state index contributed by atoms with van der Waals surface area (Å²) < 4.78 is 6.60. The lowest BCUT2D eigenvalue weighted by Crippen LogP contribution is -2.23. The monoisotopic (exact) mass is 346 g/mol. The van der Waals surface area contributed by atoms with Crippen molar-refractivity contribution in [2.75, 3.05) is 14.2 Å². The second kappa shape index (κ2) is 6.16. The molecule has 2 unspecified atom stereocenters. The first-order valence-electron chi connectivity index (χ1n) is 7.19. The van der Waals surface area contributed by atoms with E-state index in [9.17, 15) is 0 Å². The maximum absolute atomic E-state index is 5.57. The minimum absolute atomic E-state index is 0.212. The molecule has 21 heavy (non-hydrogen) atoms. The molecular formula is C17H19BrN2O. The number of nitrogens with one attached hydrogen (secondary N) is 1. The topological polar surface area (TPSA) is 34.1 Å². The standard InChI is InChI=1S/C17H19BrN2O/c1-19-17(13-8-6-12(18)10-15(13)21-2)14-7-5-11-4-3-9-20-16(11)14/h3-4,6,8-10,14,17,19H,5,7H2,1-2H3. The van der Waals surface area contributed by atoms with Crippen molar-refractivity contribution < 1.29 is 4.74 Å². The number of pyridine rings is 1. The van der Waals surface area contributed by atoms with E-state index in [1.165, 1.54) is 16.8 Å². The molecule has 110 valence electrons. The molecule has 0 fully saturated rings. The van der Waals surface area contributed by atoms with E-state index in [2.05, 4.69) is 44.4 Å². The Balaban J connectivity index is 2.00. The molecule has 0 saturated heterocycles. The van der Waals surface area contributed by atoms with E-state index in [1.807, 2.05) is 25.4 Å². The first-order valence-corrected chi connectivity index (χ1v) is 7.98. The van der Waals surface area contributed by atoms with Gasteiger partial charge in [0.2, 0.25) is 0 Å². The molecule has 1 heterocycles. The maximum Gasteiger partial charge on any atom is 0.124 e. The van der Waals surface area contributed by atoms with Crippen LogP contribution in [0.4, 0.5) is 0 Å². The van der Waals surface area contributed by atoms with Gasteiger partial charge >= 0.3 is 0 Å². The highest BCUT2D eigenvalue weighted by atomic mass is 79.9. The summed E-state index contributed by atoms with van der Waals surface area (Å²) in [6, 6.07) is 10.6. The Morgan fingerprint density at radius 2 is 2.24 bits per heavy atom. The van der Waals surface area contributed by atoms with Gasteiger partial charge in [0.1, 0.15) is 5.75 Å². The third kappa shape index (κ3) is 2.70. The molecule has 2 aromatic rings. The number of hydrogen-bond acceptors (Lipinski definition) is 3. The molecule has 2 atom stereocenters. The normalized spacial score (nSPS) is 18.3. The summed E-state index contributed by atoms with van der Waals surface area (Å²) in [6.45, 7) is 0. The van der Waals surface area contributed by atoms with Gasteiger partial charge < -0.3 is 10.1 Å². The number of nitrogens with zero attached hydrogens (tertiary/aromatic N) is 1. The molecule has 0 spiro atoms. The maximum atomic E-state index is 5.57. The molecule has 1 aromatic carbocycles. The summed E-state index contributed by atoms with van der Waals surface area (Å²) >= 11 is 3.50. The lowest BCUT2D eigenvalue weighted by molar-refractivity contribution is 0.389. The Bertz CT molecular complexity index is 644. The van der Waals surface area contributed by atoms with E-state index < -0.39 is 0 Å². The molecule has 0 bridgehead atoms. The molecule has 1 aliphatic carbocycles. The Kier molecular flexibility index (Phi) is 4.27. The quantitative estimate of drug-likeness (QED) is 0.912. The van der Waals surface area contributed by atoms with Crippen molar-refractivity contribution in [3.63, 3.8) is 0 Å². The minimum Gasteiger partial charge on any atom is -0.496 e. The van der Waals surface area contributed by atoms with Crippen LogP contribution in [0.2, 0.25) is 0 Å². The number of ether oxygens (including phenoxy) is 1. The fourth-order valence-corrected chi connectivity index (χ4v) is 3.62. The molecule has 0 aliphatic heterocycles. The lowest BCUT2D eigenvalue weighted by atomic mass is 9.90. The summed E-state index contributed by atoms with van der Waals surface area (Å²) in [5, 5.41) is 3.46. The van der Waals surface area contributed by atoms with Crippen LogP contribution >= 0.6 is 15.9 Å². The first kappa shape index (κ1) is 14.5. The Morgan fingerprint density at radius 3 is 3.00 bits per heavy atom. The number of benzene rings is 1. The zero-order valence-electron chi connectivity index (χ0n) is 12.3. The predicted molar refractivity (Wildman–Crippen MR) is 87.8 cm³/mol. The highest BCUT2D eigenvalue weighted by Crippen LogP contribution is 2.43.